The quantitative estimate of drug-likeness (QED) is 0.822. The summed E-state index contributed by atoms with van der Waals surface area (Å²) in [4.78, 5) is 10.7. The monoisotopic (exact) mass is 205 g/mol. The van der Waals surface area contributed by atoms with E-state index in [1.807, 2.05) is 43.3 Å². The van der Waals surface area contributed by atoms with Gasteiger partial charge in [0, 0.05) is 6.54 Å². The minimum atomic E-state index is -0.413. The molecule has 0 heterocycles. The molecule has 3 nitrogen and oxygen atoms in total. The van der Waals surface area contributed by atoms with Crippen molar-refractivity contribution in [3.8, 4) is 0 Å². The fraction of sp³-hybridized carbons (Fsp3) is 0.250. The first kappa shape index (κ1) is 11.3. The molecule has 0 atom stereocenters. The highest BCUT2D eigenvalue weighted by Crippen LogP contribution is 2.04. The molecule has 0 aliphatic carbocycles. The Hall–Kier alpha value is -1.77. The fourth-order valence-corrected chi connectivity index (χ4v) is 1.09. The van der Waals surface area contributed by atoms with E-state index in [9.17, 15) is 4.79 Å². The number of hydrogen-bond donors (Lipinski definition) is 1. The highest BCUT2D eigenvalue weighted by Gasteiger charge is 1.92. The van der Waals surface area contributed by atoms with E-state index >= 15 is 0 Å². The van der Waals surface area contributed by atoms with Crippen molar-refractivity contribution in [2.75, 3.05) is 13.7 Å². The maximum Gasteiger partial charge on any atom is 0.407 e. The van der Waals surface area contributed by atoms with Crippen LogP contribution in [0.1, 0.15) is 11.1 Å². The molecule has 0 spiro atoms. The SMILES string of the molecule is COC(=O)NCC=Cc1ccc(C)cc1. The lowest BCUT2D eigenvalue weighted by Gasteiger charge is -1.98. The Bertz CT molecular complexity index is 341. The van der Waals surface area contributed by atoms with Gasteiger partial charge in [-0.2, -0.15) is 0 Å². The lowest BCUT2D eigenvalue weighted by Crippen LogP contribution is -2.22. The zero-order chi connectivity index (χ0) is 11.1. The van der Waals surface area contributed by atoms with Crippen molar-refractivity contribution in [2.45, 2.75) is 6.92 Å². The van der Waals surface area contributed by atoms with Gasteiger partial charge in [0.2, 0.25) is 0 Å². The second-order valence-corrected chi connectivity index (χ2v) is 3.19. The van der Waals surface area contributed by atoms with Gasteiger partial charge in [0.05, 0.1) is 7.11 Å². The summed E-state index contributed by atoms with van der Waals surface area (Å²) >= 11 is 0. The zero-order valence-electron chi connectivity index (χ0n) is 8.99. The van der Waals surface area contributed by atoms with Crippen molar-refractivity contribution in [2.24, 2.45) is 0 Å². The maximum atomic E-state index is 10.7. The smallest absolute Gasteiger partial charge is 0.407 e. The molecule has 0 fully saturated rings. The molecular formula is C12H15NO2. The number of amides is 1. The summed E-state index contributed by atoms with van der Waals surface area (Å²) in [6, 6.07) is 8.16. The van der Waals surface area contributed by atoms with Crippen LogP contribution in [0.25, 0.3) is 6.08 Å². The summed E-state index contributed by atoms with van der Waals surface area (Å²) < 4.78 is 4.43. The van der Waals surface area contributed by atoms with Crippen LogP contribution in [0.15, 0.2) is 30.3 Å². The van der Waals surface area contributed by atoms with Gasteiger partial charge >= 0.3 is 6.09 Å². The van der Waals surface area contributed by atoms with Crippen LogP contribution in [0, 0.1) is 6.92 Å². The molecular weight excluding hydrogens is 190 g/mol. The van der Waals surface area contributed by atoms with Gasteiger partial charge in [0.1, 0.15) is 0 Å². The molecule has 0 radical (unpaired) electrons. The van der Waals surface area contributed by atoms with Crippen LogP contribution < -0.4 is 5.32 Å². The Balaban J connectivity index is 2.38. The highest BCUT2D eigenvalue weighted by molar-refractivity contribution is 5.67. The molecule has 0 bridgehead atoms. The number of carbonyl (C=O) groups excluding carboxylic acids is 1. The van der Waals surface area contributed by atoms with E-state index in [1.165, 1.54) is 12.7 Å². The highest BCUT2D eigenvalue weighted by atomic mass is 16.5. The fourth-order valence-electron chi connectivity index (χ4n) is 1.09. The van der Waals surface area contributed by atoms with E-state index in [2.05, 4.69) is 10.1 Å². The third-order valence-electron chi connectivity index (χ3n) is 1.94. The molecule has 80 valence electrons. The molecule has 1 aromatic rings. The molecule has 0 unspecified atom stereocenters. The van der Waals surface area contributed by atoms with Crippen LogP contribution in [0.4, 0.5) is 4.79 Å². The number of rotatable bonds is 3. The van der Waals surface area contributed by atoms with Crippen molar-refractivity contribution >= 4 is 12.2 Å². The van der Waals surface area contributed by atoms with E-state index in [0.717, 1.165) is 5.56 Å². The molecule has 1 amide bonds. The lowest BCUT2D eigenvalue weighted by molar-refractivity contribution is 0.172. The lowest BCUT2D eigenvalue weighted by atomic mass is 10.1. The summed E-state index contributed by atoms with van der Waals surface area (Å²) in [6.07, 6.45) is 3.42. The molecule has 1 rings (SSSR count). The van der Waals surface area contributed by atoms with Crippen LogP contribution in [0.3, 0.4) is 0 Å². The number of hydrogen-bond acceptors (Lipinski definition) is 2. The Labute approximate surface area is 89.8 Å². The van der Waals surface area contributed by atoms with Gasteiger partial charge in [-0.1, -0.05) is 42.0 Å². The van der Waals surface area contributed by atoms with Crippen molar-refractivity contribution in [1.82, 2.24) is 5.32 Å². The average molecular weight is 205 g/mol. The number of ether oxygens (including phenoxy) is 1. The van der Waals surface area contributed by atoms with E-state index < -0.39 is 6.09 Å². The first-order chi connectivity index (χ1) is 7.22. The Morgan fingerprint density at radius 3 is 2.67 bits per heavy atom. The van der Waals surface area contributed by atoms with Gasteiger partial charge in [-0.15, -0.1) is 0 Å². The number of methoxy groups -OCH3 is 1. The van der Waals surface area contributed by atoms with Crippen LogP contribution in [0.5, 0.6) is 0 Å². The normalized spacial score (nSPS) is 10.3. The minimum Gasteiger partial charge on any atom is -0.453 e. The Morgan fingerprint density at radius 2 is 2.07 bits per heavy atom. The van der Waals surface area contributed by atoms with Crippen molar-refractivity contribution in [3.63, 3.8) is 0 Å². The number of carbonyl (C=O) groups is 1. The topological polar surface area (TPSA) is 38.3 Å². The third-order valence-corrected chi connectivity index (χ3v) is 1.94. The first-order valence-corrected chi connectivity index (χ1v) is 4.77. The Morgan fingerprint density at radius 1 is 1.40 bits per heavy atom. The first-order valence-electron chi connectivity index (χ1n) is 4.77. The molecule has 0 saturated heterocycles. The zero-order valence-corrected chi connectivity index (χ0v) is 8.99. The molecule has 15 heavy (non-hydrogen) atoms. The summed E-state index contributed by atoms with van der Waals surface area (Å²) in [6.45, 7) is 2.52. The van der Waals surface area contributed by atoms with E-state index in [0.29, 0.717) is 6.54 Å². The van der Waals surface area contributed by atoms with Gasteiger partial charge in [0.15, 0.2) is 0 Å². The standard InChI is InChI=1S/C12H15NO2/c1-10-5-7-11(8-6-10)4-3-9-13-12(14)15-2/h3-8H,9H2,1-2H3,(H,13,14). The predicted octanol–water partition coefficient (Wildman–Crippen LogP) is 2.36. The number of nitrogens with one attached hydrogen (secondary N) is 1. The Kier molecular flexibility index (Phi) is 4.41. The molecule has 1 N–H and O–H groups in total. The van der Waals surface area contributed by atoms with E-state index in [4.69, 9.17) is 0 Å². The molecule has 0 aliphatic rings. The van der Waals surface area contributed by atoms with Crippen LogP contribution in [-0.2, 0) is 4.74 Å². The van der Waals surface area contributed by atoms with Gasteiger partial charge in [-0.05, 0) is 12.5 Å². The van der Waals surface area contributed by atoms with Crippen LogP contribution in [-0.4, -0.2) is 19.7 Å². The summed E-state index contributed by atoms with van der Waals surface area (Å²) in [5.74, 6) is 0. The molecule has 3 heteroatoms. The summed E-state index contributed by atoms with van der Waals surface area (Å²) in [5, 5.41) is 2.57. The van der Waals surface area contributed by atoms with Gasteiger partial charge in [-0.3, -0.25) is 0 Å². The molecule has 0 aromatic heterocycles. The van der Waals surface area contributed by atoms with Gasteiger partial charge in [0.25, 0.3) is 0 Å². The number of benzene rings is 1. The third kappa shape index (κ3) is 4.31. The molecule has 0 aliphatic heterocycles. The largest absolute Gasteiger partial charge is 0.453 e. The second kappa shape index (κ2) is 5.86. The van der Waals surface area contributed by atoms with Crippen LogP contribution >= 0.6 is 0 Å². The summed E-state index contributed by atoms with van der Waals surface area (Å²) in [7, 11) is 1.35. The predicted molar refractivity (Wildman–Crippen MR) is 60.6 cm³/mol. The van der Waals surface area contributed by atoms with Crippen LogP contribution in [0.2, 0.25) is 0 Å². The number of alkyl carbamates (subject to hydrolysis) is 1. The second-order valence-electron chi connectivity index (χ2n) is 3.19. The molecule has 0 saturated carbocycles. The van der Waals surface area contributed by atoms with E-state index in [1.54, 1.807) is 0 Å². The van der Waals surface area contributed by atoms with Gasteiger partial charge < -0.3 is 10.1 Å². The van der Waals surface area contributed by atoms with Crippen molar-refractivity contribution in [1.29, 1.82) is 0 Å². The summed E-state index contributed by atoms with van der Waals surface area (Å²) in [5.41, 5.74) is 2.35. The maximum absolute atomic E-state index is 10.7. The number of aryl methyl sites for hydroxylation is 1. The van der Waals surface area contributed by atoms with Crippen molar-refractivity contribution in [3.05, 3.63) is 41.5 Å². The minimum absolute atomic E-state index is 0.413. The average Bonchev–Trinajstić information content (AvgIpc) is 2.26. The van der Waals surface area contributed by atoms with Gasteiger partial charge in [-0.25, -0.2) is 4.79 Å². The van der Waals surface area contributed by atoms with Crippen molar-refractivity contribution < 1.29 is 9.53 Å². The van der Waals surface area contributed by atoms with E-state index in [-0.39, 0.29) is 0 Å². The molecule has 1 aromatic carbocycles.